The highest BCUT2D eigenvalue weighted by Crippen LogP contribution is 2.19. The number of hydrogen-bond donors (Lipinski definition) is 1. The van der Waals surface area contributed by atoms with Gasteiger partial charge in [0, 0.05) is 30.4 Å². The van der Waals surface area contributed by atoms with E-state index in [1.54, 1.807) is 11.3 Å². The standard InChI is InChI=1S/C20H24N2O2S/c1-15-4-6-16(7-5-15)14-21-20(24)17-8-10-22(11-9-17)19(23)13-18-3-2-12-25-18/h2-7,12,17H,8-11,13-14H2,1H3,(H,21,24). The number of nitrogens with zero attached hydrogens (tertiary/aromatic N) is 1. The molecular weight excluding hydrogens is 332 g/mol. The minimum absolute atomic E-state index is 0.0104. The number of thiophene rings is 1. The van der Waals surface area contributed by atoms with E-state index in [9.17, 15) is 9.59 Å². The first-order chi connectivity index (χ1) is 12.1. The molecule has 1 aromatic heterocycles. The third kappa shape index (κ3) is 4.92. The molecule has 2 aromatic rings. The van der Waals surface area contributed by atoms with Crippen molar-refractivity contribution in [3.8, 4) is 0 Å². The summed E-state index contributed by atoms with van der Waals surface area (Å²) in [6.45, 7) is 3.96. The summed E-state index contributed by atoms with van der Waals surface area (Å²) in [5.74, 6) is 0.281. The number of carbonyl (C=O) groups excluding carboxylic acids is 2. The second-order valence-corrected chi connectivity index (χ2v) is 7.65. The molecule has 1 saturated heterocycles. The molecule has 2 heterocycles. The highest BCUT2D eigenvalue weighted by molar-refractivity contribution is 7.10. The van der Waals surface area contributed by atoms with Gasteiger partial charge in [0.2, 0.25) is 11.8 Å². The molecule has 1 aromatic carbocycles. The summed E-state index contributed by atoms with van der Waals surface area (Å²) in [5.41, 5.74) is 2.33. The van der Waals surface area contributed by atoms with Crippen molar-refractivity contribution in [2.24, 2.45) is 5.92 Å². The number of nitrogens with one attached hydrogen (secondary N) is 1. The lowest BCUT2D eigenvalue weighted by molar-refractivity contribution is -0.135. The summed E-state index contributed by atoms with van der Waals surface area (Å²) in [7, 11) is 0. The summed E-state index contributed by atoms with van der Waals surface area (Å²) in [4.78, 5) is 27.7. The van der Waals surface area contributed by atoms with E-state index in [1.807, 2.05) is 34.5 Å². The van der Waals surface area contributed by atoms with Crippen LogP contribution in [0.5, 0.6) is 0 Å². The Hall–Kier alpha value is -2.14. The molecular formula is C20H24N2O2S. The molecule has 0 spiro atoms. The Balaban J connectivity index is 1.42. The lowest BCUT2D eigenvalue weighted by Crippen LogP contribution is -2.43. The van der Waals surface area contributed by atoms with E-state index < -0.39 is 0 Å². The Morgan fingerprint density at radius 2 is 1.88 bits per heavy atom. The van der Waals surface area contributed by atoms with Crippen LogP contribution in [0.25, 0.3) is 0 Å². The number of amides is 2. The smallest absolute Gasteiger partial charge is 0.227 e. The fraction of sp³-hybridized carbons (Fsp3) is 0.400. The van der Waals surface area contributed by atoms with Crippen LogP contribution in [0.1, 0.15) is 28.8 Å². The predicted molar refractivity (Wildman–Crippen MR) is 100 cm³/mol. The van der Waals surface area contributed by atoms with Crippen molar-refractivity contribution in [2.45, 2.75) is 32.7 Å². The molecule has 0 aliphatic carbocycles. The van der Waals surface area contributed by atoms with E-state index in [4.69, 9.17) is 0 Å². The van der Waals surface area contributed by atoms with Crippen molar-refractivity contribution in [3.63, 3.8) is 0 Å². The molecule has 0 bridgehead atoms. The number of rotatable bonds is 5. The average molecular weight is 356 g/mol. The van der Waals surface area contributed by atoms with Crippen LogP contribution in [0.15, 0.2) is 41.8 Å². The molecule has 1 aliphatic rings. The fourth-order valence-corrected chi connectivity index (χ4v) is 3.80. The van der Waals surface area contributed by atoms with Crippen LogP contribution < -0.4 is 5.32 Å². The predicted octanol–water partition coefficient (Wildman–Crippen LogP) is 3.15. The number of hydrogen-bond acceptors (Lipinski definition) is 3. The van der Waals surface area contributed by atoms with E-state index in [0.29, 0.717) is 26.1 Å². The van der Waals surface area contributed by atoms with Gasteiger partial charge in [0.05, 0.1) is 6.42 Å². The van der Waals surface area contributed by atoms with Crippen LogP contribution in [-0.4, -0.2) is 29.8 Å². The Kier molecular flexibility index (Phi) is 5.87. The molecule has 5 heteroatoms. The van der Waals surface area contributed by atoms with Gasteiger partial charge in [-0.15, -0.1) is 11.3 Å². The summed E-state index contributed by atoms with van der Waals surface area (Å²) in [6.07, 6.45) is 1.97. The molecule has 0 saturated carbocycles. The second-order valence-electron chi connectivity index (χ2n) is 6.61. The molecule has 3 rings (SSSR count). The highest BCUT2D eigenvalue weighted by atomic mass is 32.1. The van der Waals surface area contributed by atoms with Gasteiger partial charge in [-0.25, -0.2) is 0 Å². The second kappa shape index (κ2) is 8.30. The number of piperidine rings is 1. The molecule has 1 fully saturated rings. The van der Waals surface area contributed by atoms with Gasteiger partial charge >= 0.3 is 0 Å². The fourth-order valence-electron chi connectivity index (χ4n) is 3.10. The summed E-state index contributed by atoms with van der Waals surface area (Å²) in [5, 5.41) is 5.02. The van der Waals surface area contributed by atoms with Crippen LogP contribution in [0.4, 0.5) is 0 Å². The van der Waals surface area contributed by atoms with Crippen molar-refractivity contribution in [3.05, 3.63) is 57.8 Å². The number of likely N-dealkylation sites (tertiary alicyclic amines) is 1. The Morgan fingerprint density at radius 1 is 1.16 bits per heavy atom. The topological polar surface area (TPSA) is 49.4 Å². The van der Waals surface area contributed by atoms with Crippen LogP contribution >= 0.6 is 11.3 Å². The van der Waals surface area contributed by atoms with Gasteiger partial charge in [-0.3, -0.25) is 9.59 Å². The first kappa shape index (κ1) is 17.7. The summed E-state index contributed by atoms with van der Waals surface area (Å²) in [6, 6.07) is 12.2. The van der Waals surface area contributed by atoms with Crippen molar-refractivity contribution in [1.29, 1.82) is 0 Å². The third-order valence-corrected chi connectivity index (χ3v) is 5.59. The van der Waals surface area contributed by atoms with E-state index >= 15 is 0 Å². The Bertz CT molecular complexity index is 702. The number of benzene rings is 1. The zero-order chi connectivity index (χ0) is 17.6. The minimum atomic E-state index is 0.0104. The first-order valence-electron chi connectivity index (χ1n) is 8.75. The van der Waals surface area contributed by atoms with Crippen molar-refractivity contribution >= 4 is 23.2 Å². The molecule has 25 heavy (non-hydrogen) atoms. The SMILES string of the molecule is Cc1ccc(CNC(=O)C2CCN(C(=O)Cc3cccs3)CC2)cc1. The molecule has 1 aliphatic heterocycles. The van der Waals surface area contributed by atoms with Gasteiger partial charge in [-0.05, 0) is 36.8 Å². The molecule has 0 atom stereocenters. The van der Waals surface area contributed by atoms with Crippen LogP contribution in [0, 0.1) is 12.8 Å². The number of carbonyl (C=O) groups is 2. The molecule has 0 unspecified atom stereocenters. The van der Waals surface area contributed by atoms with E-state index in [-0.39, 0.29) is 17.7 Å². The maximum atomic E-state index is 12.4. The van der Waals surface area contributed by atoms with Gasteiger partial charge in [0.15, 0.2) is 0 Å². The zero-order valence-electron chi connectivity index (χ0n) is 14.5. The quantitative estimate of drug-likeness (QED) is 0.895. The van der Waals surface area contributed by atoms with Crippen molar-refractivity contribution in [2.75, 3.05) is 13.1 Å². The summed E-state index contributed by atoms with van der Waals surface area (Å²) >= 11 is 1.61. The lowest BCUT2D eigenvalue weighted by atomic mass is 9.95. The van der Waals surface area contributed by atoms with Gasteiger partial charge in [0.25, 0.3) is 0 Å². The third-order valence-electron chi connectivity index (χ3n) is 4.71. The Labute approximate surface area is 152 Å². The molecule has 1 N–H and O–H groups in total. The van der Waals surface area contributed by atoms with E-state index in [1.165, 1.54) is 5.56 Å². The number of aryl methyl sites for hydroxylation is 1. The monoisotopic (exact) mass is 356 g/mol. The molecule has 0 radical (unpaired) electrons. The van der Waals surface area contributed by atoms with Crippen LogP contribution in [0.3, 0.4) is 0 Å². The maximum Gasteiger partial charge on any atom is 0.227 e. The molecule has 4 nitrogen and oxygen atoms in total. The van der Waals surface area contributed by atoms with Gasteiger partial charge in [-0.1, -0.05) is 35.9 Å². The molecule has 2 amide bonds. The summed E-state index contributed by atoms with van der Waals surface area (Å²) < 4.78 is 0. The normalized spacial score (nSPS) is 15.2. The molecule has 132 valence electrons. The first-order valence-corrected chi connectivity index (χ1v) is 9.63. The average Bonchev–Trinajstić information content (AvgIpc) is 3.14. The van der Waals surface area contributed by atoms with Crippen LogP contribution in [-0.2, 0) is 22.6 Å². The Morgan fingerprint density at radius 3 is 2.52 bits per heavy atom. The maximum absolute atomic E-state index is 12.4. The highest BCUT2D eigenvalue weighted by Gasteiger charge is 2.27. The van der Waals surface area contributed by atoms with E-state index in [2.05, 4.69) is 24.4 Å². The van der Waals surface area contributed by atoms with E-state index in [0.717, 1.165) is 23.3 Å². The largest absolute Gasteiger partial charge is 0.352 e. The zero-order valence-corrected chi connectivity index (χ0v) is 15.3. The minimum Gasteiger partial charge on any atom is -0.352 e. The van der Waals surface area contributed by atoms with Crippen molar-refractivity contribution < 1.29 is 9.59 Å². The van der Waals surface area contributed by atoms with Crippen molar-refractivity contribution in [1.82, 2.24) is 10.2 Å². The van der Waals surface area contributed by atoms with Crippen LogP contribution in [0.2, 0.25) is 0 Å². The van der Waals surface area contributed by atoms with Gasteiger partial charge in [0.1, 0.15) is 0 Å². The lowest BCUT2D eigenvalue weighted by Gasteiger charge is -2.31. The van der Waals surface area contributed by atoms with Gasteiger partial charge in [-0.2, -0.15) is 0 Å². The van der Waals surface area contributed by atoms with Gasteiger partial charge < -0.3 is 10.2 Å².